The van der Waals surface area contributed by atoms with E-state index < -0.39 is 5.97 Å². The second-order valence-electron chi connectivity index (χ2n) is 3.54. The molecule has 0 spiro atoms. The van der Waals surface area contributed by atoms with Crippen molar-refractivity contribution in [2.75, 3.05) is 0 Å². The summed E-state index contributed by atoms with van der Waals surface area (Å²) in [7, 11) is 0. The molecule has 0 aliphatic carbocycles. The first-order valence-corrected chi connectivity index (χ1v) is 5.12. The highest BCUT2D eigenvalue weighted by Crippen LogP contribution is 2.22. The van der Waals surface area contributed by atoms with Crippen LogP contribution in [0.1, 0.15) is 23.0 Å². The normalized spacial score (nSPS) is 10.3. The molecule has 0 saturated carbocycles. The Balaban J connectivity index is 2.30. The summed E-state index contributed by atoms with van der Waals surface area (Å²) in [6.45, 7) is 2.02. The maximum Gasteiger partial charge on any atom is 0.335 e. The number of carbonyl (C=O) groups is 1. The molecule has 1 heterocycles. The molecule has 0 radical (unpaired) electrons. The largest absolute Gasteiger partial charge is 0.478 e. The van der Waals surface area contributed by atoms with Gasteiger partial charge in [0.15, 0.2) is 0 Å². The van der Waals surface area contributed by atoms with Crippen LogP contribution in [0.5, 0.6) is 0 Å². The molecule has 3 heteroatoms. The van der Waals surface area contributed by atoms with Gasteiger partial charge in [0.25, 0.3) is 0 Å². The monoisotopic (exact) mass is 216 g/mol. The predicted octanol–water partition coefficient (Wildman–Crippen LogP) is 3.21. The lowest BCUT2D eigenvalue weighted by Crippen LogP contribution is -1.94. The van der Waals surface area contributed by atoms with Crippen molar-refractivity contribution in [2.24, 2.45) is 0 Å². The van der Waals surface area contributed by atoms with E-state index in [9.17, 15) is 4.79 Å². The molecular weight excluding hydrogens is 204 g/mol. The van der Waals surface area contributed by atoms with Gasteiger partial charge in [-0.3, -0.25) is 0 Å². The van der Waals surface area contributed by atoms with Crippen LogP contribution in [0.3, 0.4) is 0 Å². The second-order valence-corrected chi connectivity index (χ2v) is 3.54. The quantitative estimate of drug-likeness (QED) is 0.857. The Labute approximate surface area is 93.3 Å². The average Bonchev–Trinajstić information content (AvgIpc) is 2.77. The third-order valence-corrected chi connectivity index (χ3v) is 2.47. The molecule has 3 nitrogen and oxygen atoms in total. The zero-order valence-electron chi connectivity index (χ0n) is 8.93. The second kappa shape index (κ2) is 4.23. The fraction of sp³-hybridized carbons (Fsp3) is 0.154. The molecule has 0 amide bonds. The van der Waals surface area contributed by atoms with Crippen LogP contribution in [0.4, 0.5) is 0 Å². The van der Waals surface area contributed by atoms with E-state index in [4.69, 9.17) is 9.52 Å². The third kappa shape index (κ3) is 1.98. The molecule has 2 rings (SSSR count). The predicted molar refractivity (Wildman–Crippen MR) is 60.5 cm³/mol. The Bertz CT molecular complexity index is 494. The van der Waals surface area contributed by atoms with Crippen LogP contribution in [-0.4, -0.2) is 11.1 Å². The molecule has 0 unspecified atom stereocenters. The number of carboxylic acid groups (broad SMARTS) is 1. The molecular formula is C13H12O3. The molecule has 0 fully saturated rings. The molecule has 1 aromatic heterocycles. The summed E-state index contributed by atoms with van der Waals surface area (Å²) in [6, 6.07) is 8.73. The fourth-order valence-electron chi connectivity index (χ4n) is 1.52. The van der Waals surface area contributed by atoms with E-state index in [2.05, 4.69) is 0 Å². The van der Waals surface area contributed by atoms with Crippen LogP contribution < -0.4 is 0 Å². The van der Waals surface area contributed by atoms with Gasteiger partial charge >= 0.3 is 5.97 Å². The van der Waals surface area contributed by atoms with E-state index >= 15 is 0 Å². The number of hydrogen-bond acceptors (Lipinski definition) is 2. The van der Waals surface area contributed by atoms with Crippen molar-refractivity contribution in [3.63, 3.8) is 0 Å². The van der Waals surface area contributed by atoms with Gasteiger partial charge in [-0.05, 0) is 23.8 Å². The summed E-state index contributed by atoms with van der Waals surface area (Å²) >= 11 is 0. The van der Waals surface area contributed by atoms with E-state index in [1.165, 1.54) is 0 Å². The summed E-state index contributed by atoms with van der Waals surface area (Å²) in [5.74, 6) is 0.0188. The first-order valence-electron chi connectivity index (χ1n) is 5.12. The zero-order valence-corrected chi connectivity index (χ0v) is 8.93. The maximum absolute atomic E-state index is 10.7. The molecule has 0 aliphatic rings. The highest BCUT2D eigenvalue weighted by atomic mass is 16.4. The molecule has 0 bridgehead atoms. The maximum atomic E-state index is 10.7. The molecule has 1 N–H and O–H groups in total. The SMILES string of the molecule is CCc1cc(-c2ccc(C(=O)O)cc2)co1. The summed E-state index contributed by atoms with van der Waals surface area (Å²) < 4.78 is 5.33. The number of aryl methyl sites for hydroxylation is 1. The molecule has 2 aromatic rings. The molecule has 0 aliphatic heterocycles. The van der Waals surface area contributed by atoms with Crippen LogP contribution >= 0.6 is 0 Å². The highest BCUT2D eigenvalue weighted by molar-refractivity contribution is 5.88. The van der Waals surface area contributed by atoms with E-state index in [1.54, 1.807) is 30.5 Å². The van der Waals surface area contributed by atoms with Crippen LogP contribution in [0.15, 0.2) is 41.0 Å². The first kappa shape index (κ1) is 10.5. The highest BCUT2D eigenvalue weighted by Gasteiger charge is 2.05. The van der Waals surface area contributed by atoms with Gasteiger partial charge in [0.05, 0.1) is 11.8 Å². The van der Waals surface area contributed by atoms with Crippen LogP contribution in [-0.2, 0) is 6.42 Å². The number of aromatic carboxylic acids is 1. The Kier molecular flexibility index (Phi) is 2.77. The molecule has 0 saturated heterocycles. The topological polar surface area (TPSA) is 50.4 Å². The number of benzene rings is 1. The van der Waals surface area contributed by atoms with Gasteiger partial charge in [-0.2, -0.15) is 0 Å². The Morgan fingerprint density at radius 2 is 1.94 bits per heavy atom. The zero-order chi connectivity index (χ0) is 11.5. The molecule has 1 aromatic carbocycles. The van der Waals surface area contributed by atoms with Crippen LogP contribution in [0.25, 0.3) is 11.1 Å². The van der Waals surface area contributed by atoms with E-state index in [0.717, 1.165) is 23.3 Å². The summed E-state index contributed by atoms with van der Waals surface area (Å²) in [5.41, 5.74) is 2.24. The van der Waals surface area contributed by atoms with Crippen LogP contribution in [0.2, 0.25) is 0 Å². The van der Waals surface area contributed by atoms with Crippen LogP contribution in [0, 0.1) is 0 Å². The lowest BCUT2D eigenvalue weighted by molar-refractivity contribution is 0.0697. The van der Waals surface area contributed by atoms with Gasteiger partial charge < -0.3 is 9.52 Å². The molecule has 82 valence electrons. The molecule has 0 atom stereocenters. The van der Waals surface area contributed by atoms with E-state index in [-0.39, 0.29) is 0 Å². The number of furan rings is 1. The van der Waals surface area contributed by atoms with Crippen molar-refractivity contribution in [3.8, 4) is 11.1 Å². The average molecular weight is 216 g/mol. The van der Waals surface area contributed by atoms with Crippen molar-refractivity contribution in [1.82, 2.24) is 0 Å². The van der Waals surface area contributed by atoms with Gasteiger partial charge in [0.2, 0.25) is 0 Å². The lowest BCUT2D eigenvalue weighted by atomic mass is 10.1. The van der Waals surface area contributed by atoms with Crippen molar-refractivity contribution >= 4 is 5.97 Å². The molecule has 16 heavy (non-hydrogen) atoms. The standard InChI is InChI=1S/C13H12O3/c1-2-12-7-11(8-16-12)9-3-5-10(6-4-9)13(14)15/h3-8H,2H2,1H3,(H,14,15). The number of carboxylic acids is 1. The Morgan fingerprint density at radius 1 is 1.25 bits per heavy atom. The summed E-state index contributed by atoms with van der Waals surface area (Å²) in [5, 5.41) is 8.77. The van der Waals surface area contributed by atoms with Crippen molar-refractivity contribution in [3.05, 3.63) is 47.9 Å². The number of rotatable bonds is 3. The Morgan fingerprint density at radius 3 is 2.44 bits per heavy atom. The van der Waals surface area contributed by atoms with Gasteiger partial charge in [-0.1, -0.05) is 19.1 Å². The van der Waals surface area contributed by atoms with Crippen molar-refractivity contribution in [2.45, 2.75) is 13.3 Å². The van der Waals surface area contributed by atoms with Crippen molar-refractivity contribution < 1.29 is 14.3 Å². The Hall–Kier alpha value is -2.03. The fourth-order valence-corrected chi connectivity index (χ4v) is 1.52. The lowest BCUT2D eigenvalue weighted by Gasteiger charge is -1.97. The first-order chi connectivity index (χ1) is 7.70. The van der Waals surface area contributed by atoms with Gasteiger partial charge in [0, 0.05) is 12.0 Å². The minimum absolute atomic E-state index is 0.294. The van der Waals surface area contributed by atoms with Gasteiger partial charge in [-0.25, -0.2) is 4.79 Å². The van der Waals surface area contributed by atoms with Crippen molar-refractivity contribution in [1.29, 1.82) is 0 Å². The van der Waals surface area contributed by atoms with E-state index in [1.807, 2.05) is 13.0 Å². The summed E-state index contributed by atoms with van der Waals surface area (Å²) in [6.07, 6.45) is 2.54. The van der Waals surface area contributed by atoms with E-state index in [0.29, 0.717) is 5.56 Å². The third-order valence-electron chi connectivity index (χ3n) is 2.47. The minimum atomic E-state index is -0.909. The summed E-state index contributed by atoms with van der Waals surface area (Å²) in [4.78, 5) is 10.7. The number of hydrogen-bond donors (Lipinski definition) is 1. The smallest absolute Gasteiger partial charge is 0.335 e. The van der Waals surface area contributed by atoms with Gasteiger partial charge in [0.1, 0.15) is 5.76 Å². The van der Waals surface area contributed by atoms with Gasteiger partial charge in [-0.15, -0.1) is 0 Å². The minimum Gasteiger partial charge on any atom is -0.478 e.